The monoisotopic (exact) mass is 221 g/mol. The van der Waals surface area contributed by atoms with Gasteiger partial charge in [-0.2, -0.15) is 0 Å². The predicted octanol–water partition coefficient (Wildman–Crippen LogP) is 1.49. The molecule has 1 aromatic carbocycles. The van der Waals surface area contributed by atoms with Crippen LogP contribution in [0.2, 0.25) is 0 Å². The lowest BCUT2D eigenvalue weighted by Gasteiger charge is -2.24. The Morgan fingerprint density at radius 3 is 2.62 bits per heavy atom. The molecule has 1 unspecified atom stereocenters. The SMILES string of the molecule is OC(COC1CCNCC1)c1ccccc1. The Balaban J connectivity index is 1.77. The Morgan fingerprint density at radius 1 is 1.25 bits per heavy atom. The fourth-order valence-corrected chi connectivity index (χ4v) is 1.96. The van der Waals surface area contributed by atoms with E-state index in [1.807, 2.05) is 30.3 Å². The average Bonchev–Trinajstić information content (AvgIpc) is 2.38. The second-order valence-electron chi connectivity index (χ2n) is 4.21. The van der Waals surface area contributed by atoms with Gasteiger partial charge in [0, 0.05) is 0 Å². The van der Waals surface area contributed by atoms with E-state index in [9.17, 15) is 5.11 Å². The van der Waals surface area contributed by atoms with Crippen LogP contribution in [0.1, 0.15) is 24.5 Å². The molecule has 3 heteroatoms. The predicted molar refractivity (Wildman–Crippen MR) is 63.2 cm³/mol. The number of hydrogen-bond acceptors (Lipinski definition) is 3. The number of rotatable bonds is 4. The van der Waals surface area contributed by atoms with Crippen LogP contribution in [-0.2, 0) is 4.74 Å². The van der Waals surface area contributed by atoms with E-state index in [2.05, 4.69) is 5.32 Å². The normalized spacial score (nSPS) is 19.6. The molecule has 0 radical (unpaired) electrons. The van der Waals surface area contributed by atoms with Crippen molar-refractivity contribution in [3.05, 3.63) is 35.9 Å². The molecule has 0 spiro atoms. The molecule has 2 N–H and O–H groups in total. The smallest absolute Gasteiger partial charge is 0.102 e. The lowest BCUT2D eigenvalue weighted by Crippen LogP contribution is -2.33. The van der Waals surface area contributed by atoms with E-state index < -0.39 is 6.10 Å². The number of aliphatic hydroxyl groups excluding tert-OH is 1. The number of ether oxygens (including phenoxy) is 1. The molecule has 0 bridgehead atoms. The van der Waals surface area contributed by atoms with E-state index >= 15 is 0 Å². The Bertz CT molecular complexity index is 296. The van der Waals surface area contributed by atoms with Crippen molar-refractivity contribution in [1.82, 2.24) is 5.32 Å². The summed E-state index contributed by atoms with van der Waals surface area (Å²) in [7, 11) is 0. The standard InChI is InChI=1S/C13H19NO2/c15-13(11-4-2-1-3-5-11)10-16-12-6-8-14-9-7-12/h1-5,12-15H,6-10H2. The first kappa shape index (κ1) is 11.6. The third-order valence-corrected chi connectivity index (χ3v) is 2.96. The van der Waals surface area contributed by atoms with Crippen LogP contribution in [0.3, 0.4) is 0 Å². The first-order chi connectivity index (χ1) is 7.86. The largest absolute Gasteiger partial charge is 0.386 e. The lowest BCUT2D eigenvalue weighted by molar-refractivity contribution is -0.0217. The molecule has 2 rings (SSSR count). The van der Waals surface area contributed by atoms with Crippen LogP contribution >= 0.6 is 0 Å². The van der Waals surface area contributed by atoms with Gasteiger partial charge in [0.25, 0.3) is 0 Å². The van der Waals surface area contributed by atoms with E-state index in [-0.39, 0.29) is 0 Å². The number of benzene rings is 1. The van der Waals surface area contributed by atoms with Crippen molar-refractivity contribution >= 4 is 0 Å². The topological polar surface area (TPSA) is 41.5 Å². The van der Waals surface area contributed by atoms with Crippen LogP contribution in [0.4, 0.5) is 0 Å². The number of nitrogens with one attached hydrogen (secondary N) is 1. The summed E-state index contributed by atoms with van der Waals surface area (Å²) in [5, 5.41) is 13.2. The number of hydrogen-bond donors (Lipinski definition) is 2. The summed E-state index contributed by atoms with van der Waals surface area (Å²) >= 11 is 0. The summed E-state index contributed by atoms with van der Waals surface area (Å²) in [4.78, 5) is 0. The molecule has 0 aromatic heterocycles. The highest BCUT2D eigenvalue weighted by Gasteiger charge is 2.15. The zero-order valence-corrected chi connectivity index (χ0v) is 9.43. The van der Waals surface area contributed by atoms with Crippen molar-refractivity contribution in [3.63, 3.8) is 0 Å². The van der Waals surface area contributed by atoms with Gasteiger partial charge < -0.3 is 15.2 Å². The van der Waals surface area contributed by atoms with Crippen LogP contribution in [-0.4, -0.2) is 30.9 Å². The fourth-order valence-electron chi connectivity index (χ4n) is 1.96. The van der Waals surface area contributed by atoms with Crippen LogP contribution < -0.4 is 5.32 Å². The highest BCUT2D eigenvalue weighted by molar-refractivity contribution is 5.17. The average molecular weight is 221 g/mol. The van der Waals surface area contributed by atoms with Crippen LogP contribution in [0.15, 0.2) is 30.3 Å². The van der Waals surface area contributed by atoms with Gasteiger partial charge >= 0.3 is 0 Å². The molecule has 1 atom stereocenters. The first-order valence-electron chi connectivity index (χ1n) is 5.91. The van der Waals surface area contributed by atoms with Crippen molar-refractivity contribution in [2.45, 2.75) is 25.0 Å². The molecular weight excluding hydrogens is 202 g/mol. The maximum absolute atomic E-state index is 9.91. The molecule has 1 aromatic rings. The van der Waals surface area contributed by atoms with Gasteiger partial charge in [0.2, 0.25) is 0 Å². The zero-order chi connectivity index (χ0) is 11.2. The Hall–Kier alpha value is -0.900. The Morgan fingerprint density at radius 2 is 1.94 bits per heavy atom. The van der Waals surface area contributed by atoms with Crippen molar-refractivity contribution in [3.8, 4) is 0 Å². The second-order valence-corrected chi connectivity index (χ2v) is 4.21. The molecule has 1 fully saturated rings. The minimum atomic E-state index is -0.504. The van der Waals surface area contributed by atoms with E-state index in [1.54, 1.807) is 0 Å². The number of piperidine rings is 1. The zero-order valence-electron chi connectivity index (χ0n) is 9.43. The van der Waals surface area contributed by atoms with Crippen LogP contribution in [0, 0.1) is 0 Å². The minimum Gasteiger partial charge on any atom is -0.386 e. The van der Waals surface area contributed by atoms with Gasteiger partial charge in [-0.1, -0.05) is 30.3 Å². The summed E-state index contributed by atoms with van der Waals surface area (Å²) in [5.74, 6) is 0. The Kier molecular flexibility index (Phi) is 4.34. The summed E-state index contributed by atoms with van der Waals surface area (Å²) in [6, 6.07) is 9.67. The van der Waals surface area contributed by atoms with E-state index in [4.69, 9.17) is 4.74 Å². The van der Waals surface area contributed by atoms with Gasteiger partial charge in [-0.3, -0.25) is 0 Å². The maximum atomic E-state index is 9.91. The second kappa shape index (κ2) is 5.99. The molecule has 0 aliphatic carbocycles. The van der Waals surface area contributed by atoms with Gasteiger partial charge in [-0.25, -0.2) is 0 Å². The fraction of sp³-hybridized carbons (Fsp3) is 0.538. The molecule has 3 nitrogen and oxygen atoms in total. The van der Waals surface area contributed by atoms with Crippen molar-refractivity contribution in [2.75, 3.05) is 19.7 Å². The van der Waals surface area contributed by atoms with Gasteiger partial charge in [-0.15, -0.1) is 0 Å². The lowest BCUT2D eigenvalue weighted by atomic mass is 10.1. The highest BCUT2D eigenvalue weighted by Crippen LogP contribution is 2.15. The molecule has 88 valence electrons. The van der Waals surface area contributed by atoms with Crippen molar-refractivity contribution < 1.29 is 9.84 Å². The van der Waals surface area contributed by atoms with Gasteiger partial charge in [0.1, 0.15) is 6.10 Å². The van der Waals surface area contributed by atoms with E-state index in [1.165, 1.54) is 0 Å². The third kappa shape index (κ3) is 3.30. The van der Waals surface area contributed by atoms with E-state index in [0.29, 0.717) is 12.7 Å². The summed E-state index contributed by atoms with van der Waals surface area (Å²) in [6.07, 6.45) is 1.89. The maximum Gasteiger partial charge on any atom is 0.102 e. The molecule has 0 saturated carbocycles. The highest BCUT2D eigenvalue weighted by atomic mass is 16.5. The molecule has 16 heavy (non-hydrogen) atoms. The van der Waals surface area contributed by atoms with Crippen molar-refractivity contribution in [2.24, 2.45) is 0 Å². The van der Waals surface area contributed by atoms with Crippen LogP contribution in [0.25, 0.3) is 0 Å². The molecule has 0 amide bonds. The summed E-state index contributed by atoms with van der Waals surface area (Å²) in [5.41, 5.74) is 0.927. The molecular formula is C13H19NO2. The molecule has 1 aliphatic rings. The van der Waals surface area contributed by atoms with Gasteiger partial charge in [0.15, 0.2) is 0 Å². The molecule has 1 heterocycles. The summed E-state index contributed by atoms with van der Waals surface area (Å²) in [6.45, 7) is 2.44. The van der Waals surface area contributed by atoms with Crippen LogP contribution in [0.5, 0.6) is 0 Å². The van der Waals surface area contributed by atoms with Gasteiger partial charge in [0.05, 0.1) is 12.7 Å². The number of aliphatic hydroxyl groups is 1. The first-order valence-corrected chi connectivity index (χ1v) is 5.91. The van der Waals surface area contributed by atoms with E-state index in [0.717, 1.165) is 31.5 Å². The molecule has 1 aliphatic heterocycles. The minimum absolute atomic E-state index is 0.305. The molecule has 1 saturated heterocycles. The summed E-state index contributed by atoms with van der Waals surface area (Å²) < 4.78 is 5.71. The van der Waals surface area contributed by atoms with Gasteiger partial charge in [-0.05, 0) is 31.5 Å². The van der Waals surface area contributed by atoms with Crippen molar-refractivity contribution in [1.29, 1.82) is 0 Å². The quantitative estimate of drug-likeness (QED) is 0.809. The Labute approximate surface area is 96.4 Å². The third-order valence-electron chi connectivity index (χ3n) is 2.96.